The Balaban J connectivity index is 1.64. The van der Waals surface area contributed by atoms with Crippen molar-refractivity contribution in [2.45, 2.75) is 40.5 Å². The first-order valence-electron chi connectivity index (χ1n) is 9.76. The van der Waals surface area contributed by atoms with Crippen LogP contribution in [-0.2, 0) is 16.0 Å². The van der Waals surface area contributed by atoms with Gasteiger partial charge < -0.3 is 15.0 Å². The zero-order valence-electron chi connectivity index (χ0n) is 17.0. The van der Waals surface area contributed by atoms with Crippen molar-refractivity contribution < 1.29 is 14.3 Å². The molecule has 1 aliphatic rings. The van der Waals surface area contributed by atoms with Crippen molar-refractivity contribution in [3.05, 3.63) is 53.1 Å². The Labute approximate surface area is 166 Å². The summed E-state index contributed by atoms with van der Waals surface area (Å²) in [5, 5.41) is 2.89. The molecule has 0 radical (unpaired) electrons. The summed E-state index contributed by atoms with van der Waals surface area (Å²) in [5.41, 5.74) is 5.10. The molecule has 2 aromatic carbocycles. The summed E-state index contributed by atoms with van der Waals surface area (Å²) < 4.78 is 5.60. The van der Waals surface area contributed by atoms with E-state index < -0.39 is 0 Å². The second-order valence-corrected chi connectivity index (χ2v) is 7.82. The summed E-state index contributed by atoms with van der Waals surface area (Å²) in [7, 11) is 0. The number of amides is 2. The number of nitrogens with zero attached hydrogens (tertiary/aromatic N) is 1. The first-order chi connectivity index (χ1) is 13.3. The molecule has 0 spiro atoms. The number of nitrogens with one attached hydrogen (secondary N) is 1. The standard InChI is InChI=1S/C23H28N2O3/c1-15(2)13-25-21-9-7-19(12-18(21)6-10-23(25)27)24-22(26)14-28-20-8-5-16(3)17(4)11-20/h5,7-9,11-12,15H,6,10,13-14H2,1-4H3,(H,24,26). The van der Waals surface area contributed by atoms with Gasteiger partial charge in [0.2, 0.25) is 5.91 Å². The number of ether oxygens (including phenoxy) is 1. The predicted octanol–water partition coefficient (Wildman–Crippen LogP) is 4.26. The molecular weight excluding hydrogens is 352 g/mol. The summed E-state index contributed by atoms with van der Waals surface area (Å²) in [6.07, 6.45) is 1.21. The van der Waals surface area contributed by atoms with E-state index >= 15 is 0 Å². The molecule has 0 fully saturated rings. The van der Waals surface area contributed by atoms with Crippen LogP contribution in [0.1, 0.15) is 37.0 Å². The van der Waals surface area contributed by atoms with Gasteiger partial charge in [-0.15, -0.1) is 0 Å². The fourth-order valence-corrected chi connectivity index (χ4v) is 3.35. The molecule has 1 heterocycles. The average Bonchev–Trinajstić information content (AvgIpc) is 2.65. The molecule has 5 heteroatoms. The topological polar surface area (TPSA) is 58.6 Å². The van der Waals surface area contributed by atoms with Crippen LogP contribution in [0.5, 0.6) is 5.75 Å². The van der Waals surface area contributed by atoms with Crippen molar-refractivity contribution in [3.63, 3.8) is 0 Å². The van der Waals surface area contributed by atoms with E-state index in [0.717, 1.165) is 22.5 Å². The second-order valence-electron chi connectivity index (χ2n) is 7.82. The molecular formula is C23H28N2O3. The number of carbonyl (C=O) groups is 2. The lowest BCUT2D eigenvalue weighted by atomic mass is 9.99. The zero-order chi connectivity index (χ0) is 20.3. The largest absolute Gasteiger partial charge is 0.484 e. The van der Waals surface area contributed by atoms with E-state index in [0.29, 0.717) is 31.1 Å². The third kappa shape index (κ3) is 4.71. The quantitative estimate of drug-likeness (QED) is 0.815. The summed E-state index contributed by atoms with van der Waals surface area (Å²) in [5.74, 6) is 1.05. The van der Waals surface area contributed by atoms with Crippen molar-refractivity contribution in [2.24, 2.45) is 5.92 Å². The minimum Gasteiger partial charge on any atom is -0.484 e. The van der Waals surface area contributed by atoms with Gasteiger partial charge in [0.25, 0.3) is 5.91 Å². The van der Waals surface area contributed by atoms with Gasteiger partial charge in [0.05, 0.1) is 0 Å². The molecule has 1 aliphatic heterocycles. The zero-order valence-corrected chi connectivity index (χ0v) is 17.0. The molecule has 1 N–H and O–H groups in total. The van der Waals surface area contributed by atoms with Gasteiger partial charge in [-0.1, -0.05) is 19.9 Å². The lowest BCUT2D eigenvalue weighted by molar-refractivity contribution is -0.119. The van der Waals surface area contributed by atoms with Crippen LogP contribution in [0.25, 0.3) is 0 Å². The lowest BCUT2D eigenvalue weighted by Crippen LogP contribution is -2.37. The smallest absolute Gasteiger partial charge is 0.262 e. The van der Waals surface area contributed by atoms with Crippen LogP contribution < -0.4 is 15.0 Å². The maximum absolute atomic E-state index is 12.3. The third-order valence-electron chi connectivity index (χ3n) is 4.96. The Kier molecular flexibility index (Phi) is 6.02. The highest BCUT2D eigenvalue weighted by Gasteiger charge is 2.24. The summed E-state index contributed by atoms with van der Waals surface area (Å²) in [4.78, 5) is 26.4. The molecule has 2 aromatic rings. The Hall–Kier alpha value is -2.82. The van der Waals surface area contributed by atoms with Gasteiger partial charge in [0, 0.05) is 24.3 Å². The fraction of sp³-hybridized carbons (Fsp3) is 0.391. The van der Waals surface area contributed by atoms with E-state index in [1.807, 2.05) is 55.1 Å². The number of benzene rings is 2. The molecule has 0 bridgehead atoms. The Bertz CT molecular complexity index is 889. The van der Waals surface area contributed by atoms with Crippen molar-refractivity contribution in [2.75, 3.05) is 23.4 Å². The van der Waals surface area contributed by atoms with E-state index in [1.165, 1.54) is 5.56 Å². The molecule has 148 valence electrons. The van der Waals surface area contributed by atoms with Gasteiger partial charge in [0.15, 0.2) is 6.61 Å². The third-order valence-corrected chi connectivity index (χ3v) is 4.96. The van der Waals surface area contributed by atoms with Crippen molar-refractivity contribution in [1.29, 1.82) is 0 Å². The summed E-state index contributed by atoms with van der Waals surface area (Å²) >= 11 is 0. The molecule has 0 atom stereocenters. The minimum absolute atomic E-state index is 0.0441. The number of fused-ring (bicyclic) bond motifs is 1. The fourth-order valence-electron chi connectivity index (χ4n) is 3.35. The number of anilines is 2. The summed E-state index contributed by atoms with van der Waals surface area (Å²) in [6.45, 7) is 8.93. The molecule has 5 nitrogen and oxygen atoms in total. The highest BCUT2D eigenvalue weighted by atomic mass is 16.5. The van der Waals surface area contributed by atoms with Gasteiger partial charge in [-0.3, -0.25) is 9.59 Å². The number of hydrogen-bond acceptors (Lipinski definition) is 3. The number of hydrogen-bond donors (Lipinski definition) is 1. The molecule has 3 rings (SSSR count). The van der Waals surface area contributed by atoms with Crippen LogP contribution in [0.2, 0.25) is 0 Å². The van der Waals surface area contributed by atoms with Gasteiger partial charge in [-0.25, -0.2) is 0 Å². The highest BCUT2D eigenvalue weighted by Crippen LogP contribution is 2.31. The van der Waals surface area contributed by atoms with E-state index in [2.05, 4.69) is 19.2 Å². The maximum atomic E-state index is 12.3. The van der Waals surface area contributed by atoms with Gasteiger partial charge in [-0.05, 0) is 73.2 Å². The van der Waals surface area contributed by atoms with Crippen LogP contribution in [0, 0.1) is 19.8 Å². The number of aryl methyl sites for hydroxylation is 3. The van der Waals surface area contributed by atoms with Crippen LogP contribution in [-0.4, -0.2) is 25.0 Å². The summed E-state index contributed by atoms with van der Waals surface area (Å²) in [6, 6.07) is 11.5. The van der Waals surface area contributed by atoms with Crippen LogP contribution in [0.3, 0.4) is 0 Å². The van der Waals surface area contributed by atoms with Crippen LogP contribution in [0.4, 0.5) is 11.4 Å². The first-order valence-corrected chi connectivity index (χ1v) is 9.76. The lowest BCUT2D eigenvalue weighted by Gasteiger charge is -2.31. The SMILES string of the molecule is Cc1ccc(OCC(=O)Nc2ccc3c(c2)CCC(=O)N3CC(C)C)cc1C. The van der Waals surface area contributed by atoms with E-state index in [9.17, 15) is 9.59 Å². The molecule has 0 saturated heterocycles. The van der Waals surface area contributed by atoms with Crippen molar-refractivity contribution >= 4 is 23.2 Å². The normalized spacial score (nSPS) is 13.5. The Morgan fingerprint density at radius 2 is 1.89 bits per heavy atom. The molecule has 2 amide bonds. The van der Waals surface area contributed by atoms with Gasteiger partial charge in [-0.2, -0.15) is 0 Å². The van der Waals surface area contributed by atoms with Crippen molar-refractivity contribution in [1.82, 2.24) is 0 Å². The molecule has 28 heavy (non-hydrogen) atoms. The van der Waals surface area contributed by atoms with Crippen LogP contribution in [0.15, 0.2) is 36.4 Å². The first kappa shape index (κ1) is 19.9. The molecule has 0 unspecified atom stereocenters. The van der Waals surface area contributed by atoms with E-state index in [4.69, 9.17) is 4.74 Å². The predicted molar refractivity (Wildman–Crippen MR) is 112 cm³/mol. The maximum Gasteiger partial charge on any atom is 0.262 e. The monoisotopic (exact) mass is 380 g/mol. The molecule has 0 aliphatic carbocycles. The van der Waals surface area contributed by atoms with Crippen LogP contribution >= 0.6 is 0 Å². The molecule has 0 aromatic heterocycles. The van der Waals surface area contributed by atoms with Crippen molar-refractivity contribution in [3.8, 4) is 5.75 Å². The number of rotatable bonds is 6. The average molecular weight is 380 g/mol. The Morgan fingerprint density at radius 3 is 2.61 bits per heavy atom. The highest BCUT2D eigenvalue weighted by molar-refractivity contribution is 5.97. The minimum atomic E-state index is -0.205. The van der Waals surface area contributed by atoms with Gasteiger partial charge >= 0.3 is 0 Å². The molecule has 0 saturated carbocycles. The second kappa shape index (κ2) is 8.46. The van der Waals surface area contributed by atoms with E-state index in [-0.39, 0.29) is 18.4 Å². The number of carbonyl (C=O) groups excluding carboxylic acids is 2. The Morgan fingerprint density at radius 1 is 1.11 bits per heavy atom. The van der Waals surface area contributed by atoms with Gasteiger partial charge in [0.1, 0.15) is 5.75 Å². The van der Waals surface area contributed by atoms with E-state index in [1.54, 1.807) is 0 Å².